The van der Waals surface area contributed by atoms with Gasteiger partial charge in [-0.15, -0.1) is 0 Å². The van der Waals surface area contributed by atoms with Crippen LogP contribution in [0.3, 0.4) is 0 Å². The second-order valence-electron chi connectivity index (χ2n) is 18.6. The molecule has 8 rings (SSSR count). The normalized spacial score (nSPS) is 18.7. The first-order chi connectivity index (χ1) is 29.1. The number of hydrogen-bond donors (Lipinski definition) is 3. The van der Waals surface area contributed by atoms with E-state index in [1.807, 2.05) is 12.1 Å². The second kappa shape index (κ2) is 16.2. The predicted molar refractivity (Wildman–Crippen MR) is 259 cm³/mol. The number of H-pyrrole nitrogens is 2. The highest BCUT2D eigenvalue weighted by Gasteiger charge is 2.32. The van der Waals surface area contributed by atoms with Crippen LogP contribution >= 0.6 is 0 Å². The van der Waals surface area contributed by atoms with Gasteiger partial charge >= 0.3 is 0 Å². The van der Waals surface area contributed by atoms with Gasteiger partial charge < -0.3 is 29.3 Å². The molecule has 4 heterocycles. The summed E-state index contributed by atoms with van der Waals surface area (Å²) in [6.07, 6.45) is 23.8. The fourth-order valence-electron chi connectivity index (χ4n) is 9.13. The first-order valence-electron chi connectivity index (χ1n) is 21.9. The third-order valence-corrected chi connectivity index (χ3v) is 12.7. The fourth-order valence-corrected chi connectivity index (χ4v) is 9.13. The first-order valence-corrected chi connectivity index (χ1v) is 21.9. The molecule has 2 atom stereocenters. The molecule has 6 aromatic rings. The van der Waals surface area contributed by atoms with Crippen molar-refractivity contribution in [2.75, 3.05) is 7.11 Å². The Labute approximate surface area is 361 Å². The number of phenolic OH excluding ortho intramolecular Hbond substituents is 1. The first kappa shape index (κ1) is 41.8. The fraction of sp³-hybridized carbons (Fsp3) is 0.345. The molecule has 3 N–H and O–H groups in total. The largest absolute Gasteiger partial charge is 0.507 e. The molecular formula is C55H62N2O4. The molecule has 2 aliphatic heterocycles. The van der Waals surface area contributed by atoms with E-state index in [9.17, 15) is 5.11 Å². The smallest absolute Gasteiger partial charge is 0.133 e. The van der Waals surface area contributed by atoms with Crippen molar-refractivity contribution >= 4 is 55.8 Å². The van der Waals surface area contributed by atoms with Crippen LogP contribution in [-0.2, 0) is 0 Å². The average Bonchev–Trinajstić information content (AvgIpc) is 3.78. The van der Waals surface area contributed by atoms with Crippen LogP contribution in [0, 0.1) is 13.8 Å². The number of ether oxygens (including phenoxy) is 3. The van der Waals surface area contributed by atoms with E-state index >= 15 is 0 Å². The molecule has 0 radical (unpaired) electrons. The molecule has 6 heteroatoms. The van der Waals surface area contributed by atoms with Crippen LogP contribution in [0.4, 0.5) is 0 Å². The zero-order chi connectivity index (χ0) is 43.4. The van der Waals surface area contributed by atoms with E-state index in [1.165, 1.54) is 22.3 Å². The monoisotopic (exact) mass is 814 g/mol. The van der Waals surface area contributed by atoms with Crippen LogP contribution in [-0.4, -0.2) is 33.4 Å². The van der Waals surface area contributed by atoms with Crippen molar-refractivity contribution in [1.29, 1.82) is 0 Å². The minimum absolute atomic E-state index is 0.202. The number of methoxy groups -OCH3 is 1. The highest BCUT2D eigenvalue weighted by molar-refractivity contribution is 6.19. The summed E-state index contributed by atoms with van der Waals surface area (Å²) in [5.41, 5.74) is 13.9. The number of aryl methyl sites for hydroxylation is 2. The molecule has 0 saturated heterocycles. The van der Waals surface area contributed by atoms with Crippen LogP contribution in [0.15, 0.2) is 95.1 Å². The Balaban J connectivity index is 1.17. The zero-order valence-corrected chi connectivity index (χ0v) is 38.0. The molecule has 316 valence electrons. The summed E-state index contributed by atoms with van der Waals surface area (Å²) < 4.78 is 19.7. The van der Waals surface area contributed by atoms with Gasteiger partial charge in [-0.1, -0.05) is 46.6 Å². The van der Waals surface area contributed by atoms with Crippen molar-refractivity contribution in [3.05, 3.63) is 117 Å². The molecule has 6 nitrogen and oxygen atoms in total. The lowest BCUT2D eigenvalue weighted by Crippen LogP contribution is -2.31. The Morgan fingerprint density at radius 1 is 0.672 bits per heavy atom. The van der Waals surface area contributed by atoms with Crippen LogP contribution in [0.2, 0.25) is 0 Å². The number of rotatable bonds is 12. The van der Waals surface area contributed by atoms with Crippen LogP contribution in [0.5, 0.6) is 23.0 Å². The van der Waals surface area contributed by atoms with Crippen molar-refractivity contribution < 1.29 is 19.3 Å². The number of phenols is 1. The standard InChI is InChI=1S/C55H62N2O4/c1-32(2)14-12-16-34(5)22-26-54(9)28-24-40-48-42(30-36(7)52(40)60-54)38-19-21-45(59-11)47(50(38)57-48)39-18-20-44-46(51(39)58)43-31-37(8)53-41(49(43)56-44)25-29-55(10,61-53)27-23-35(6)17-13-15-33(3)4/h14-15,18-25,28-31,56-58H,12-13,16-17,26-27H2,1-11H3/b34-22+,35-23+. The molecule has 61 heavy (non-hydrogen) atoms. The van der Waals surface area contributed by atoms with Crippen molar-refractivity contribution in [2.24, 2.45) is 0 Å². The predicted octanol–water partition coefficient (Wildman–Crippen LogP) is 15.4. The number of hydrogen-bond acceptors (Lipinski definition) is 4. The van der Waals surface area contributed by atoms with E-state index in [1.54, 1.807) is 7.11 Å². The maximum absolute atomic E-state index is 12.4. The van der Waals surface area contributed by atoms with Crippen LogP contribution < -0.4 is 14.2 Å². The summed E-state index contributed by atoms with van der Waals surface area (Å²) in [7, 11) is 1.69. The van der Waals surface area contributed by atoms with Crippen molar-refractivity contribution in [3.8, 4) is 34.1 Å². The topological polar surface area (TPSA) is 79.5 Å². The van der Waals surface area contributed by atoms with E-state index in [0.717, 1.165) is 121 Å². The van der Waals surface area contributed by atoms with Crippen molar-refractivity contribution in [1.82, 2.24) is 9.97 Å². The molecule has 4 aromatic carbocycles. The minimum Gasteiger partial charge on any atom is -0.507 e. The Bertz CT molecular complexity index is 2920. The molecule has 0 bridgehead atoms. The Morgan fingerprint density at radius 2 is 1.21 bits per heavy atom. The van der Waals surface area contributed by atoms with Gasteiger partial charge in [0.05, 0.1) is 34.7 Å². The van der Waals surface area contributed by atoms with E-state index in [2.05, 4.69) is 152 Å². The lowest BCUT2D eigenvalue weighted by atomic mass is 9.92. The van der Waals surface area contributed by atoms with E-state index in [0.29, 0.717) is 11.3 Å². The van der Waals surface area contributed by atoms with Crippen molar-refractivity contribution in [3.63, 3.8) is 0 Å². The Hall–Kier alpha value is -5.88. The number of benzene rings is 4. The van der Waals surface area contributed by atoms with E-state index < -0.39 is 11.2 Å². The number of aromatic amines is 2. The number of allylic oxidation sites excluding steroid dienone is 6. The van der Waals surface area contributed by atoms with Gasteiger partial charge in [-0.05, 0) is 167 Å². The van der Waals surface area contributed by atoms with Gasteiger partial charge in [-0.2, -0.15) is 0 Å². The number of aromatic hydroxyl groups is 1. The molecule has 2 aliphatic rings. The molecule has 0 saturated carbocycles. The summed E-state index contributed by atoms with van der Waals surface area (Å²) >= 11 is 0. The lowest BCUT2D eigenvalue weighted by Gasteiger charge is -2.32. The van der Waals surface area contributed by atoms with Crippen molar-refractivity contribution in [2.45, 2.75) is 119 Å². The Kier molecular flexibility index (Phi) is 11.1. The summed E-state index contributed by atoms with van der Waals surface area (Å²) in [6, 6.07) is 12.6. The lowest BCUT2D eigenvalue weighted by molar-refractivity contribution is 0.139. The van der Waals surface area contributed by atoms with Gasteiger partial charge in [0.2, 0.25) is 0 Å². The molecule has 0 fully saturated rings. The molecule has 0 spiro atoms. The van der Waals surface area contributed by atoms with Gasteiger partial charge in [0.15, 0.2) is 0 Å². The third-order valence-electron chi connectivity index (χ3n) is 12.7. The SMILES string of the molecule is COc1ccc2c([nH]c3c4c(c(C)cc32)OC(C)(C/C=C(\C)CCC=C(C)C)C=C4)c1-c1ccc2[nH]c3c4c(c(C)cc3c2c1O)OC(C)(C/C=C(\C)CCC=C(C)C)C=C4. The third kappa shape index (κ3) is 7.93. The summed E-state index contributed by atoms with van der Waals surface area (Å²) in [6.45, 7) is 21.6. The van der Waals surface area contributed by atoms with Crippen LogP contribution in [0.25, 0.3) is 66.9 Å². The van der Waals surface area contributed by atoms with E-state index in [4.69, 9.17) is 14.2 Å². The zero-order valence-electron chi connectivity index (χ0n) is 38.0. The summed E-state index contributed by atoms with van der Waals surface area (Å²) in [5, 5.41) is 16.3. The molecular weight excluding hydrogens is 753 g/mol. The second-order valence-corrected chi connectivity index (χ2v) is 18.6. The number of nitrogens with one attached hydrogen (secondary N) is 2. The summed E-state index contributed by atoms with van der Waals surface area (Å²) in [5.74, 6) is 2.65. The van der Waals surface area contributed by atoms with Gasteiger partial charge in [0, 0.05) is 51.1 Å². The maximum atomic E-state index is 12.4. The molecule has 0 aliphatic carbocycles. The average molecular weight is 815 g/mol. The highest BCUT2D eigenvalue weighted by Crippen LogP contribution is 2.50. The molecule has 2 aromatic heterocycles. The highest BCUT2D eigenvalue weighted by atomic mass is 16.5. The van der Waals surface area contributed by atoms with Gasteiger partial charge in [-0.25, -0.2) is 0 Å². The molecule has 0 amide bonds. The van der Waals surface area contributed by atoms with Gasteiger partial charge in [0.25, 0.3) is 0 Å². The summed E-state index contributed by atoms with van der Waals surface area (Å²) in [4.78, 5) is 7.45. The molecule has 2 unspecified atom stereocenters. The maximum Gasteiger partial charge on any atom is 0.133 e. The minimum atomic E-state index is -0.458. The Morgan fingerprint density at radius 3 is 1.75 bits per heavy atom. The van der Waals surface area contributed by atoms with Gasteiger partial charge in [0.1, 0.15) is 34.2 Å². The van der Waals surface area contributed by atoms with Gasteiger partial charge in [-0.3, -0.25) is 0 Å². The van der Waals surface area contributed by atoms with Crippen LogP contribution in [0.1, 0.15) is 116 Å². The quantitative estimate of drug-likeness (QED) is 0.108. The number of aromatic nitrogens is 2. The number of fused-ring (bicyclic) bond motifs is 10. The van der Waals surface area contributed by atoms with E-state index in [-0.39, 0.29) is 5.75 Å².